The van der Waals surface area contributed by atoms with Crippen molar-refractivity contribution in [1.29, 1.82) is 5.41 Å². The number of amides is 1. The second-order valence-corrected chi connectivity index (χ2v) is 10.3. The fraction of sp³-hybridized carbons (Fsp3) is 0.312. The van der Waals surface area contributed by atoms with Gasteiger partial charge in [0, 0.05) is 29.8 Å². The Morgan fingerprint density at radius 1 is 0.976 bits per heavy atom. The summed E-state index contributed by atoms with van der Waals surface area (Å²) in [5.74, 6) is 0.505. The Labute approximate surface area is 259 Å². The zero-order valence-corrected chi connectivity index (χ0v) is 25.6. The van der Waals surface area contributed by atoms with Gasteiger partial charge in [0.15, 0.2) is 0 Å². The van der Waals surface area contributed by atoms with E-state index in [2.05, 4.69) is 34.1 Å². The number of nitrogens with one attached hydrogen (secondary N) is 2. The van der Waals surface area contributed by atoms with Gasteiger partial charge in [-0.25, -0.2) is 4.98 Å². The summed E-state index contributed by atoms with van der Waals surface area (Å²) < 4.78 is 7.36. The van der Waals surface area contributed by atoms with Crippen LogP contribution in [0, 0.1) is 11.3 Å². The summed E-state index contributed by atoms with van der Waals surface area (Å²) in [5.41, 5.74) is 10.7. The maximum absolute atomic E-state index is 12.8. The van der Waals surface area contributed by atoms with Gasteiger partial charge in [-0.1, -0.05) is 68.4 Å². The van der Waals surface area contributed by atoms with Crippen LogP contribution in [0.3, 0.4) is 0 Å². The van der Waals surface area contributed by atoms with E-state index < -0.39 is 0 Å². The second-order valence-electron chi connectivity index (χ2n) is 10.3. The summed E-state index contributed by atoms with van der Waals surface area (Å²) in [6.45, 7) is 5.31. The van der Waals surface area contributed by atoms with Crippen LogP contribution in [0.1, 0.15) is 54.6 Å². The Bertz CT molecular complexity index is 1470. The van der Waals surface area contributed by atoms with Gasteiger partial charge in [0.1, 0.15) is 11.7 Å². The lowest BCUT2D eigenvalue weighted by Gasteiger charge is -2.11. The van der Waals surface area contributed by atoms with Crippen LogP contribution < -0.4 is 11.1 Å². The summed E-state index contributed by atoms with van der Waals surface area (Å²) in [6.07, 6.45) is 3.13. The molecular formula is C32H39Cl2N5O3. The molecule has 4 N–H and O–H groups in total. The predicted octanol–water partition coefficient (Wildman–Crippen LogP) is 6.17. The fourth-order valence-electron chi connectivity index (χ4n) is 4.47. The molecule has 1 aromatic heterocycles. The van der Waals surface area contributed by atoms with Crippen LogP contribution in [0.4, 0.5) is 0 Å². The van der Waals surface area contributed by atoms with E-state index >= 15 is 0 Å². The number of carbonyl (C=O) groups excluding carboxylic acids is 2. The normalized spacial score (nSPS) is 10.5. The lowest BCUT2D eigenvalue weighted by Crippen LogP contribution is -2.26. The molecule has 0 fully saturated rings. The van der Waals surface area contributed by atoms with Crippen molar-refractivity contribution >= 4 is 53.6 Å². The summed E-state index contributed by atoms with van der Waals surface area (Å²) in [6, 6.07) is 23.4. The van der Waals surface area contributed by atoms with E-state index in [1.54, 1.807) is 12.1 Å². The van der Waals surface area contributed by atoms with Crippen LogP contribution in [0.2, 0.25) is 0 Å². The molecule has 8 nitrogen and oxygen atoms in total. The number of aryl methyl sites for hydroxylation is 2. The van der Waals surface area contributed by atoms with Crippen molar-refractivity contribution in [3.63, 3.8) is 0 Å². The lowest BCUT2D eigenvalue weighted by atomic mass is 10.1. The standard InChI is InChI=1S/C32H37N5O3.2ClH/c1-22(2)21-40-29(38)17-18-35-32(39)26-15-16-28-27(20-26)36-31(25-13-11-24(12-14-25)30(33)34)37(28)19-7-6-10-23-8-4-3-5-9-23;;/h3-5,8-9,11-16,20,22H,6-7,10,17-19,21H2,1-2H3,(H3,33,34)(H,35,39);2*1H. The Morgan fingerprint density at radius 2 is 1.67 bits per heavy atom. The average Bonchev–Trinajstić information content (AvgIpc) is 3.32. The number of nitrogens with zero attached hydrogens (tertiary/aromatic N) is 2. The van der Waals surface area contributed by atoms with Gasteiger partial charge in [-0.2, -0.15) is 0 Å². The van der Waals surface area contributed by atoms with E-state index in [9.17, 15) is 9.59 Å². The number of hydrogen-bond acceptors (Lipinski definition) is 5. The van der Waals surface area contributed by atoms with Crippen LogP contribution in [0.15, 0.2) is 72.8 Å². The van der Waals surface area contributed by atoms with Crippen molar-refractivity contribution in [3.05, 3.63) is 89.5 Å². The van der Waals surface area contributed by atoms with Crippen molar-refractivity contribution in [2.45, 2.75) is 46.1 Å². The quantitative estimate of drug-likeness (QED) is 0.0721. The van der Waals surface area contributed by atoms with Crippen molar-refractivity contribution in [2.75, 3.05) is 13.2 Å². The summed E-state index contributed by atoms with van der Waals surface area (Å²) in [7, 11) is 0. The monoisotopic (exact) mass is 611 g/mol. The molecule has 224 valence electrons. The van der Waals surface area contributed by atoms with Gasteiger partial charge in [0.05, 0.1) is 24.1 Å². The highest BCUT2D eigenvalue weighted by atomic mass is 35.5. The minimum absolute atomic E-state index is 0. The molecule has 0 spiro atoms. The van der Waals surface area contributed by atoms with Crippen molar-refractivity contribution in [2.24, 2.45) is 11.7 Å². The molecule has 1 heterocycles. The molecule has 0 saturated carbocycles. The third-order valence-corrected chi connectivity index (χ3v) is 6.60. The minimum atomic E-state index is -0.323. The van der Waals surface area contributed by atoms with Gasteiger partial charge >= 0.3 is 5.97 Å². The second kappa shape index (κ2) is 16.5. The number of unbranched alkanes of at least 4 members (excludes halogenated alkanes) is 1. The number of nitrogen functional groups attached to an aromatic ring is 1. The van der Waals surface area contributed by atoms with Crippen LogP contribution in [0.25, 0.3) is 22.4 Å². The molecule has 0 unspecified atom stereocenters. The molecule has 0 aliphatic heterocycles. The number of imidazole rings is 1. The van der Waals surface area contributed by atoms with E-state index in [1.165, 1.54) is 5.56 Å². The van der Waals surface area contributed by atoms with Crippen LogP contribution >= 0.6 is 24.8 Å². The van der Waals surface area contributed by atoms with E-state index in [1.807, 2.05) is 50.2 Å². The summed E-state index contributed by atoms with van der Waals surface area (Å²) in [5, 5.41) is 10.5. The third kappa shape index (κ3) is 9.33. The maximum atomic E-state index is 12.8. The molecule has 10 heteroatoms. The summed E-state index contributed by atoms with van der Waals surface area (Å²) >= 11 is 0. The molecule has 0 radical (unpaired) electrons. The van der Waals surface area contributed by atoms with Gasteiger partial charge in [-0.05, 0) is 48.9 Å². The number of hydrogen-bond donors (Lipinski definition) is 3. The molecule has 4 rings (SSSR count). The first kappa shape index (κ1) is 34.3. The SMILES string of the molecule is CC(C)COC(=O)CCNC(=O)c1ccc2c(c1)nc(-c1ccc(C(=N)N)cc1)n2CCCCc1ccccc1.Cl.Cl. The summed E-state index contributed by atoms with van der Waals surface area (Å²) in [4.78, 5) is 29.6. The number of amidine groups is 1. The number of esters is 1. The smallest absolute Gasteiger partial charge is 0.307 e. The number of ether oxygens (including phenoxy) is 1. The van der Waals surface area contributed by atoms with Gasteiger partial charge in [-0.3, -0.25) is 15.0 Å². The lowest BCUT2D eigenvalue weighted by molar-refractivity contribution is -0.144. The van der Waals surface area contributed by atoms with Crippen molar-refractivity contribution < 1.29 is 14.3 Å². The molecule has 42 heavy (non-hydrogen) atoms. The molecule has 0 aliphatic rings. The molecule has 0 atom stereocenters. The van der Waals surface area contributed by atoms with Crippen LogP contribution in [0.5, 0.6) is 0 Å². The Hall–Kier alpha value is -3.88. The number of nitrogens with two attached hydrogens (primary N) is 1. The van der Waals surface area contributed by atoms with Crippen molar-refractivity contribution in [3.8, 4) is 11.4 Å². The fourth-order valence-corrected chi connectivity index (χ4v) is 4.47. The van der Waals surface area contributed by atoms with Crippen LogP contribution in [-0.4, -0.2) is 40.4 Å². The Morgan fingerprint density at radius 3 is 2.33 bits per heavy atom. The molecule has 0 bridgehead atoms. The first-order valence-corrected chi connectivity index (χ1v) is 13.7. The number of halogens is 2. The largest absolute Gasteiger partial charge is 0.465 e. The van der Waals surface area contributed by atoms with E-state index in [0.717, 1.165) is 48.2 Å². The van der Waals surface area contributed by atoms with E-state index in [0.29, 0.717) is 17.7 Å². The van der Waals surface area contributed by atoms with Gasteiger partial charge in [0.2, 0.25) is 0 Å². The molecule has 4 aromatic rings. The molecule has 0 saturated heterocycles. The first-order valence-electron chi connectivity index (χ1n) is 13.7. The minimum Gasteiger partial charge on any atom is -0.465 e. The van der Waals surface area contributed by atoms with E-state index in [4.69, 9.17) is 20.9 Å². The number of aromatic nitrogens is 2. The number of benzene rings is 3. The third-order valence-electron chi connectivity index (χ3n) is 6.60. The zero-order chi connectivity index (χ0) is 28.5. The molecular weight excluding hydrogens is 573 g/mol. The van der Waals surface area contributed by atoms with Crippen LogP contribution in [-0.2, 0) is 22.5 Å². The highest BCUT2D eigenvalue weighted by Crippen LogP contribution is 2.27. The van der Waals surface area contributed by atoms with E-state index in [-0.39, 0.29) is 61.4 Å². The van der Waals surface area contributed by atoms with Gasteiger partial charge in [0.25, 0.3) is 5.91 Å². The van der Waals surface area contributed by atoms with Gasteiger partial charge in [-0.15, -0.1) is 24.8 Å². The zero-order valence-electron chi connectivity index (χ0n) is 24.0. The average molecular weight is 613 g/mol. The Balaban J connectivity index is 0.00000308. The van der Waals surface area contributed by atoms with Gasteiger partial charge < -0.3 is 20.4 Å². The number of fused-ring (bicyclic) bond motifs is 1. The first-order chi connectivity index (χ1) is 19.3. The molecule has 3 aromatic carbocycles. The highest BCUT2D eigenvalue weighted by molar-refractivity contribution is 5.98. The number of rotatable bonds is 13. The molecule has 0 aliphatic carbocycles. The Kier molecular flexibility index (Phi) is 13.5. The topological polar surface area (TPSA) is 123 Å². The van der Waals surface area contributed by atoms with Crippen molar-refractivity contribution in [1.82, 2.24) is 14.9 Å². The highest BCUT2D eigenvalue weighted by Gasteiger charge is 2.16. The molecule has 1 amide bonds. The number of carbonyl (C=O) groups is 2. The predicted molar refractivity (Wildman–Crippen MR) is 173 cm³/mol. The maximum Gasteiger partial charge on any atom is 0.307 e.